The van der Waals surface area contributed by atoms with Crippen molar-refractivity contribution in [2.45, 2.75) is 39.3 Å². The highest BCUT2D eigenvalue weighted by molar-refractivity contribution is 5.38. The van der Waals surface area contributed by atoms with E-state index in [2.05, 4.69) is 51.3 Å². The summed E-state index contributed by atoms with van der Waals surface area (Å²) in [5, 5.41) is 6.55. The minimum absolute atomic E-state index is 0.239. The third-order valence-electron chi connectivity index (χ3n) is 2.62. The summed E-state index contributed by atoms with van der Waals surface area (Å²) < 4.78 is 0. The van der Waals surface area contributed by atoms with Gasteiger partial charge in [-0.3, -0.25) is 0 Å². The highest BCUT2D eigenvalue weighted by atomic mass is 15.1. The molecule has 0 aliphatic heterocycles. The molecule has 106 valence electrons. The quantitative estimate of drug-likeness (QED) is 0.839. The first kappa shape index (κ1) is 14.2. The van der Waals surface area contributed by atoms with Gasteiger partial charge in [0.15, 0.2) is 0 Å². The number of hydrogen-bond acceptors (Lipinski definition) is 6. The maximum absolute atomic E-state index is 4.50. The standard InChI is InChI=1S/C14H20N6/c1-10(2)18-14-17-5-4-12(20-14)6-11(3)19-13-7-15-9-16-8-13/h4-5,7-11,19H,6H2,1-3H3,(H,17,18,20). The summed E-state index contributed by atoms with van der Waals surface area (Å²) in [4.78, 5) is 16.7. The van der Waals surface area contributed by atoms with Gasteiger partial charge in [-0.25, -0.2) is 19.9 Å². The van der Waals surface area contributed by atoms with Crippen LogP contribution in [0.5, 0.6) is 0 Å². The molecule has 6 nitrogen and oxygen atoms in total. The first-order valence-corrected chi connectivity index (χ1v) is 6.73. The summed E-state index contributed by atoms with van der Waals surface area (Å²) in [6, 6.07) is 2.50. The number of hydrogen-bond donors (Lipinski definition) is 2. The predicted octanol–water partition coefficient (Wildman–Crippen LogP) is 2.13. The second kappa shape index (κ2) is 6.79. The summed E-state index contributed by atoms with van der Waals surface area (Å²) >= 11 is 0. The van der Waals surface area contributed by atoms with Gasteiger partial charge < -0.3 is 10.6 Å². The SMILES string of the molecule is CC(C)Nc1nccc(CC(C)Nc2cncnc2)n1. The van der Waals surface area contributed by atoms with E-state index in [-0.39, 0.29) is 6.04 Å². The van der Waals surface area contributed by atoms with Crippen LogP contribution in [0.15, 0.2) is 31.0 Å². The van der Waals surface area contributed by atoms with Crippen LogP contribution >= 0.6 is 0 Å². The summed E-state index contributed by atoms with van der Waals surface area (Å²) in [6.07, 6.45) is 7.63. The minimum atomic E-state index is 0.239. The molecule has 2 N–H and O–H groups in total. The van der Waals surface area contributed by atoms with Gasteiger partial charge in [0.05, 0.1) is 18.1 Å². The molecule has 0 radical (unpaired) electrons. The van der Waals surface area contributed by atoms with Crippen molar-refractivity contribution in [3.05, 3.63) is 36.7 Å². The molecule has 0 aliphatic rings. The van der Waals surface area contributed by atoms with Crippen molar-refractivity contribution in [1.82, 2.24) is 19.9 Å². The van der Waals surface area contributed by atoms with Gasteiger partial charge in [-0.1, -0.05) is 0 Å². The maximum atomic E-state index is 4.50. The summed E-state index contributed by atoms with van der Waals surface area (Å²) in [7, 11) is 0. The van der Waals surface area contributed by atoms with Gasteiger partial charge in [-0.2, -0.15) is 0 Å². The van der Waals surface area contributed by atoms with Crippen molar-refractivity contribution in [2.75, 3.05) is 10.6 Å². The molecule has 6 heteroatoms. The van der Waals surface area contributed by atoms with Gasteiger partial charge in [0, 0.05) is 30.4 Å². The second-order valence-electron chi connectivity index (χ2n) is 5.05. The summed E-state index contributed by atoms with van der Waals surface area (Å²) in [6.45, 7) is 6.23. The zero-order chi connectivity index (χ0) is 14.4. The van der Waals surface area contributed by atoms with Crippen molar-refractivity contribution in [2.24, 2.45) is 0 Å². The van der Waals surface area contributed by atoms with E-state index in [0.717, 1.165) is 17.8 Å². The van der Waals surface area contributed by atoms with Crippen LogP contribution in [0.4, 0.5) is 11.6 Å². The monoisotopic (exact) mass is 272 g/mol. The van der Waals surface area contributed by atoms with E-state index in [0.29, 0.717) is 12.0 Å². The van der Waals surface area contributed by atoms with Crippen LogP contribution in [-0.2, 0) is 6.42 Å². The molecule has 2 aromatic rings. The molecule has 2 heterocycles. The van der Waals surface area contributed by atoms with E-state index in [1.54, 1.807) is 18.6 Å². The molecule has 2 rings (SSSR count). The Balaban J connectivity index is 1.95. The Hall–Kier alpha value is -2.24. The van der Waals surface area contributed by atoms with Crippen LogP contribution in [0.1, 0.15) is 26.5 Å². The number of anilines is 2. The molecular weight excluding hydrogens is 252 g/mol. The molecular formula is C14H20N6. The molecule has 0 aliphatic carbocycles. The van der Waals surface area contributed by atoms with Crippen molar-refractivity contribution in [3.63, 3.8) is 0 Å². The van der Waals surface area contributed by atoms with Crippen LogP contribution in [-0.4, -0.2) is 32.0 Å². The molecule has 0 saturated carbocycles. The van der Waals surface area contributed by atoms with Gasteiger partial charge in [-0.15, -0.1) is 0 Å². The third-order valence-corrected chi connectivity index (χ3v) is 2.62. The van der Waals surface area contributed by atoms with Crippen molar-refractivity contribution < 1.29 is 0 Å². The lowest BCUT2D eigenvalue weighted by Crippen LogP contribution is -2.20. The van der Waals surface area contributed by atoms with Gasteiger partial charge in [-0.05, 0) is 26.8 Å². The maximum Gasteiger partial charge on any atom is 0.223 e. The number of rotatable bonds is 6. The Labute approximate surface area is 119 Å². The van der Waals surface area contributed by atoms with E-state index < -0.39 is 0 Å². The second-order valence-corrected chi connectivity index (χ2v) is 5.05. The molecule has 20 heavy (non-hydrogen) atoms. The topological polar surface area (TPSA) is 75.6 Å². The molecule has 0 saturated heterocycles. The van der Waals surface area contributed by atoms with Crippen LogP contribution < -0.4 is 10.6 Å². The van der Waals surface area contributed by atoms with Gasteiger partial charge in [0.25, 0.3) is 0 Å². The molecule has 2 aromatic heterocycles. The van der Waals surface area contributed by atoms with Gasteiger partial charge >= 0.3 is 0 Å². The zero-order valence-electron chi connectivity index (χ0n) is 12.0. The molecule has 1 atom stereocenters. The lowest BCUT2D eigenvalue weighted by molar-refractivity contribution is 0.762. The normalized spacial score (nSPS) is 12.2. The van der Waals surface area contributed by atoms with Crippen molar-refractivity contribution in [1.29, 1.82) is 0 Å². The average Bonchev–Trinajstić information content (AvgIpc) is 2.39. The van der Waals surface area contributed by atoms with E-state index >= 15 is 0 Å². The molecule has 0 aromatic carbocycles. The Morgan fingerprint density at radius 3 is 2.55 bits per heavy atom. The smallest absolute Gasteiger partial charge is 0.223 e. The summed E-state index contributed by atoms with van der Waals surface area (Å²) in [5.74, 6) is 0.674. The molecule has 1 unspecified atom stereocenters. The Bertz CT molecular complexity index is 528. The van der Waals surface area contributed by atoms with E-state index in [4.69, 9.17) is 0 Å². The van der Waals surface area contributed by atoms with Crippen LogP contribution in [0.3, 0.4) is 0 Å². The summed E-state index contributed by atoms with van der Waals surface area (Å²) in [5.41, 5.74) is 1.91. The Morgan fingerprint density at radius 1 is 1.10 bits per heavy atom. The van der Waals surface area contributed by atoms with E-state index in [1.165, 1.54) is 6.33 Å². The fraction of sp³-hybridized carbons (Fsp3) is 0.429. The van der Waals surface area contributed by atoms with E-state index in [1.807, 2.05) is 6.07 Å². The highest BCUT2D eigenvalue weighted by Crippen LogP contribution is 2.09. The molecule has 0 bridgehead atoms. The fourth-order valence-corrected chi connectivity index (χ4v) is 1.86. The van der Waals surface area contributed by atoms with Gasteiger partial charge in [0.2, 0.25) is 5.95 Å². The Kier molecular flexibility index (Phi) is 4.81. The van der Waals surface area contributed by atoms with Crippen LogP contribution in [0.2, 0.25) is 0 Å². The predicted molar refractivity (Wildman–Crippen MR) is 79.6 cm³/mol. The number of nitrogens with one attached hydrogen (secondary N) is 2. The zero-order valence-corrected chi connectivity index (χ0v) is 12.0. The first-order chi connectivity index (χ1) is 9.63. The highest BCUT2D eigenvalue weighted by Gasteiger charge is 2.07. The van der Waals surface area contributed by atoms with Gasteiger partial charge in [0.1, 0.15) is 6.33 Å². The first-order valence-electron chi connectivity index (χ1n) is 6.73. The molecule has 0 amide bonds. The largest absolute Gasteiger partial charge is 0.380 e. The Morgan fingerprint density at radius 2 is 1.85 bits per heavy atom. The lowest BCUT2D eigenvalue weighted by Gasteiger charge is -2.15. The van der Waals surface area contributed by atoms with E-state index in [9.17, 15) is 0 Å². The number of nitrogens with zero attached hydrogens (tertiary/aromatic N) is 4. The van der Waals surface area contributed by atoms with Crippen LogP contribution in [0, 0.1) is 0 Å². The third kappa shape index (κ3) is 4.46. The van der Waals surface area contributed by atoms with Crippen molar-refractivity contribution >= 4 is 11.6 Å². The lowest BCUT2D eigenvalue weighted by atomic mass is 10.2. The molecule has 0 fully saturated rings. The minimum Gasteiger partial charge on any atom is -0.380 e. The average molecular weight is 272 g/mol. The molecule has 0 spiro atoms. The number of aromatic nitrogens is 4. The fourth-order valence-electron chi connectivity index (χ4n) is 1.86. The van der Waals surface area contributed by atoms with Crippen LogP contribution in [0.25, 0.3) is 0 Å². The van der Waals surface area contributed by atoms with Crippen molar-refractivity contribution in [3.8, 4) is 0 Å².